The van der Waals surface area contributed by atoms with E-state index in [1.807, 2.05) is 18.0 Å². The molecule has 0 bridgehead atoms. The van der Waals surface area contributed by atoms with Gasteiger partial charge in [-0.2, -0.15) is 0 Å². The molecule has 8 heteroatoms. The lowest BCUT2D eigenvalue weighted by Crippen LogP contribution is -2.64. The van der Waals surface area contributed by atoms with Crippen molar-refractivity contribution in [2.75, 3.05) is 32.2 Å². The van der Waals surface area contributed by atoms with Crippen LogP contribution in [-0.4, -0.2) is 72.1 Å². The number of carbonyl (C=O) groups excluding carboxylic acids is 2. The molecule has 1 saturated heterocycles. The van der Waals surface area contributed by atoms with Crippen molar-refractivity contribution in [3.05, 3.63) is 41.2 Å². The summed E-state index contributed by atoms with van der Waals surface area (Å²) in [5.74, 6) is 0.443. The number of methoxy groups -OCH3 is 1. The van der Waals surface area contributed by atoms with Crippen LogP contribution in [0.1, 0.15) is 18.1 Å². The molecule has 0 saturated carbocycles. The van der Waals surface area contributed by atoms with Crippen molar-refractivity contribution >= 4 is 23.6 Å². The fraction of sp³-hybridized carbons (Fsp3) is 0.450. The summed E-state index contributed by atoms with van der Waals surface area (Å²) in [6.07, 6.45) is 1.41. The summed E-state index contributed by atoms with van der Waals surface area (Å²) in [6.45, 7) is 6.65. The quantitative estimate of drug-likeness (QED) is 0.794. The Morgan fingerprint density at radius 3 is 2.64 bits per heavy atom. The SMILES string of the molecule is COCCN1C(=O)C2C(N=C3N(c4cc(C)ccc4C)C(C)=CN32)N(C)C1=O. The summed E-state index contributed by atoms with van der Waals surface area (Å²) in [7, 11) is 3.24. The fourth-order valence-corrected chi connectivity index (χ4v) is 4.00. The van der Waals surface area contributed by atoms with Crippen LogP contribution in [0.4, 0.5) is 10.5 Å². The molecule has 8 nitrogen and oxygen atoms in total. The van der Waals surface area contributed by atoms with Crippen LogP contribution in [0.15, 0.2) is 35.1 Å². The Morgan fingerprint density at radius 1 is 1.18 bits per heavy atom. The van der Waals surface area contributed by atoms with Gasteiger partial charge >= 0.3 is 6.03 Å². The first-order chi connectivity index (χ1) is 13.3. The van der Waals surface area contributed by atoms with E-state index < -0.39 is 12.2 Å². The van der Waals surface area contributed by atoms with Crippen molar-refractivity contribution in [1.29, 1.82) is 0 Å². The standard InChI is InChI=1S/C20H25N5O3/c1-12-6-7-13(2)15(10-12)25-14(3)11-24-16-17(21-19(24)25)22(4)20(27)23(18(16)26)8-9-28-5/h6-7,10-11,16-17H,8-9H2,1-5H3. The summed E-state index contributed by atoms with van der Waals surface area (Å²) in [5, 5.41) is 0. The molecule has 0 radical (unpaired) electrons. The van der Waals surface area contributed by atoms with Gasteiger partial charge in [-0.05, 0) is 38.0 Å². The molecule has 4 rings (SSSR count). The number of likely N-dealkylation sites (N-methyl/N-ethyl adjacent to an activating group) is 1. The van der Waals surface area contributed by atoms with Crippen LogP contribution < -0.4 is 4.90 Å². The lowest BCUT2D eigenvalue weighted by atomic mass is 10.1. The molecule has 28 heavy (non-hydrogen) atoms. The topological polar surface area (TPSA) is 68.7 Å². The molecule has 0 spiro atoms. The predicted octanol–water partition coefficient (Wildman–Crippen LogP) is 1.89. The molecular formula is C20H25N5O3. The summed E-state index contributed by atoms with van der Waals surface area (Å²) in [5.41, 5.74) is 4.29. The normalized spacial score (nSPS) is 23.9. The number of carbonyl (C=O) groups is 2. The molecule has 3 aliphatic heterocycles. The smallest absolute Gasteiger partial charge is 0.328 e. The number of allylic oxidation sites excluding steroid dienone is 1. The zero-order chi connectivity index (χ0) is 20.2. The van der Waals surface area contributed by atoms with Gasteiger partial charge in [-0.3, -0.25) is 14.6 Å². The number of guanidine groups is 1. The number of hydrogen-bond donors (Lipinski definition) is 0. The lowest BCUT2D eigenvalue weighted by molar-refractivity contribution is -0.137. The van der Waals surface area contributed by atoms with Gasteiger partial charge in [0.2, 0.25) is 5.96 Å². The monoisotopic (exact) mass is 383 g/mol. The first-order valence-electron chi connectivity index (χ1n) is 9.34. The fourth-order valence-electron chi connectivity index (χ4n) is 4.00. The van der Waals surface area contributed by atoms with Crippen LogP contribution in [0, 0.1) is 13.8 Å². The Labute approximate surface area is 164 Å². The van der Waals surface area contributed by atoms with E-state index in [4.69, 9.17) is 9.73 Å². The molecule has 3 aliphatic rings. The Bertz CT molecular complexity index is 909. The van der Waals surface area contributed by atoms with Gasteiger partial charge in [-0.25, -0.2) is 9.79 Å². The molecule has 1 aromatic carbocycles. The number of fused-ring (bicyclic) bond motifs is 3. The third kappa shape index (κ3) is 2.59. The summed E-state index contributed by atoms with van der Waals surface area (Å²) in [6, 6.07) is 5.37. The second-order valence-corrected chi connectivity index (χ2v) is 7.47. The van der Waals surface area contributed by atoms with Gasteiger partial charge in [-0.15, -0.1) is 0 Å². The third-order valence-corrected chi connectivity index (χ3v) is 5.51. The van der Waals surface area contributed by atoms with Crippen LogP contribution >= 0.6 is 0 Å². The minimum absolute atomic E-state index is 0.230. The van der Waals surface area contributed by atoms with E-state index in [-0.39, 0.29) is 18.5 Å². The zero-order valence-electron chi connectivity index (χ0n) is 16.8. The van der Waals surface area contributed by atoms with Crippen LogP contribution in [0.3, 0.4) is 0 Å². The summed E-state index contributed by atoms with van der Waals surface area (Å²) in [4.78, 5) is 37.4. The van der Waals surface area contributed by atoms with E-state index in [0.717, 1.165) is 22.5 Å². The number of aliphatic imine (C=N–C) groups is 1. The molecule has 1 aromatic rings. The van der Waals surface area contributed by atoms with Crippen LogP contribution in [0.25, 0.3) is 0 Å². The number of hydrogen-bond acceptors (Lipinski definition) is 6. The highest BCUT2D eigenvalue weighted by Gasteiger charge is 2.54. The van der Waals surface area contributed by atoms with E-state index in [2.05, 4.69) is 36.9 Å². The highest BCUT2D eigenvalue weighted by atomic mass is 16.5. The zero-order valence-corrected chi connectivity index (χ0v) is 16.8. The Kier molecular flexibility index (Phi) is 4.38. The number of benzene rings is 1. The molecular weight excluding hydrogens is 358 g/mol. The van der Waals surface area contributed by atoms with Crippen molar-refractivity contribution in [3.8, 4) is 0 Å². The Balaban J connectivity index is 1.72. The third-order valence-electron chi connectivity index (χ3n) is 5.51. The maximum absolute atomic E-state index is 13.1. The van der Waals surface area contributed by atoms with E-state index in [0.29, 0.717) is 12.6 Å². The average molecular weight is 383 g/mol. The molecule has 1 fully saturated rings. The maximum atomic E-state index is 13.1. The Morgan fingerprint density at radius 2 is 1.93 bits per heavy atom. The molecule has 0 aromatic heterocycles. The minimum Gasteiger partial charge on any atom is -0.383 e. The van der Waals surface area contributed by atoms with E-state index >= 15 is 0 Å². The second-order valence-electron chi connectivity index (χ2n) is 7.47. The number of amides is 3. The van der Waals surface area contributed by atoms with Gasteiger partial charge in [0.15, 0.2) is 12.2 Å². The number of urea groups is 1. The summed E-state index contributed by atoms with van der Waals surface area (Å²) >= 11 is 0. The van der Waals surface area contributed by atoms with Crippen molar-refractivity contribution in [2.24, 2.45) is 4.99 Å². The van der Waals surface area contributed by atoms with Crippen LogP contribution in [0.2, 0.25) is 0 Å². The van der Waals surface area contributed by atoms with Gasteiger partial charge in [0, 0.05) is 26.1 Å². The largest absolute Gasteiger partial charge is 0.383 e. The van der Waals surface area contributed by atoms with Crippen molar-refractivity contribution in [3.63, 3.8) is 0 Å². The first-order valence-corrected chi connectivity index (χ1v) is 9.34. The molecule has 0 N–H and O–H groups in total. The number of nitrogens with zero attached hydrogens (tertiary/aromatic N) is 5. The predicted molar refractivity (Wildman–Crippen MR) is 106 cm³/mol. The van der Waals surface area contributed by atoms with Gasteiger partial charge in [0.25, 0.3) is 5.91 Å². The number of aryl methyl sites for hydroxylation is 2. The van der Waals surface area contributed by atoms with Crippen LogP contribution in [0.5, 0.6) is 0 Å². The molecule has 148 valence electrons. The second kappa shape index (κ2) is 6.63. The van der Waals surface area contributed by atoms with Crippen molar-refractivity contribution in [1.82, 2.24) is 14.7 Å². The average Bonchev–Trinajstić information content (AvgIpc) is 3.17. The number of imide groups is 1. The highest BCUT2D eigenvalue weighted by Crippen LogP contribution is 2.37. The van der Waals surface area contributed by atoms with E-state index in [9.17, 15) is 9.59 Å². The molecule has 0 aliphatic carbocycles. The van der Waals surface area contributed by atoms with Crippen molar-refractivity contribution < 1.29 is 14.3 Å². The number of rotatable bonds is 4. The molecule has 2 atom stereocenters. The van der Waals surface area contributed by atoms with Crippen molar-refractivity contribution in [2.45, 2.75) is 33.0 Å². The van der Waals surface area contributed by atoms with E-state index in [1.54, 1.807) is 14.2 Å². The Hall–Kier alpha value is -2.87. The van der Waals surface area contributed by atoms with Gasteiger partial charge < -0.3 is 14.5 Å². The van der Waals surface area contributed by atoms with Gasteiger partial charge in [0.1, 0.15) is 0 Å². The number of anilines is 1. The minimum atomic E-state index is -0.556. The lowest BCUT2D eigenvalue weighted by Gasteiger charge is -2.40. The molecule has 2 unspecified atom stereocenters. The first kappa shape index (κ1) is 18.5. The van der Waals surface area contributed by atoms with Gasteiger partial charge in [0.05, 0.1) is 18.8 Å². The van der Waals surface area contributed by atoms with Crippen LogP contribution in [-0.2, 0) is 9.53 Å². The summed E-state index contributed by atoms with van der Waals surface area (Å²) < 4.78 is 5.06. The van der Waals surface area contributed by atoms with Gasteiger partial charge in [-0.1, -0.05) is 12.1 Å². The number of ether oxygens (including phenoxy) is 1. The molecule has 3 heterocycles. The maximum Gasteiger partial charge on any atom is 0.328 e. The van der Waals surface area contributed by atoms with E-state index in [1.165, 1.54) is 9.80 Å². The molecule has 3 amide bonds. The highest BCUT2D eigenvalue weighted by molar-refractivity contribution is 6.10.